The van der Waals surface area contributed by atoms with Gasteiger partial charge in [0.2, 0.25) is 0 Å². The topological polar surface area (TPSA) is 15.3 Å². The van der Waals surface area contributed by atoms with Gasteiger partial charge in [-0.3, -0.25) is 0 Å². The third-order valence-electron chi connectivity index (χ3n) is 3.45. The first-order valence-electron chi connectivity index (χ1n) is 7.13. The number of nitrogens with zero attached hydrogens (tertiary/aromatic N) is 1. The van der Waals surface area contributed by atoms with Crippen LogP contribution in [0.25, 0.3) is 0 Å². The van der Waals surface area contributed by atoms with Gasteiger partial charge in [0.25, 0.3) is 0 Å². The summed E-state index contributed by atoms with van der Waals surface area (Å²) in [4.78, 5) is 2.59. The quantitative estimate of drug-likeness (QED) is 0.617. The second-order valence-corrected chi connectivity index (χ2v) is 4.88. The Labute approximate surface area is 103 Å². The van der Waals surface area contributed by atoms with Crippen LogP contribution in [0.5, 0.6) is 0 Å². The van der Waals surface area contributed by atoms with Gasteiger partial charge in [0.1, 0.15) is 0 Å². The lowest BCUT2D eigenvalue weighted by atomic mass is 10.1. The molecule has 1 N–H and O–H groups in total. The molecule has 0 heterocycles. The van der Waals surface area contributed by atoms with E-state index < -0.39 is 0 Å². The van der Waals surface area contributed by atoms with Gasteiger partial charge in [-0.2, -0.15) is 0 Å². The summed E-state index contributed by atoms with van der Waals surface area (Å²) in [6, 6.07) is 1.42. The lowest BCUT2D eigenvalue weighted by molar-refractivity contribution is 0.208. The third kappa shape index (κ3) is 7.24. The fraction of sp³-hybridized carbons (Fsp3) is 1.00. The van der Waals surface area contributed by atoms with Gasteiger partial charge in [-0.05, 0) is 59.2 Å². The average molecular weight is 228 g/mol. The summed E-state index contributed by atoms with van der Waals surface area (Å²) in [6.45, 7) is 15.0. The molecule has 2 atom stereocenters. The molecule has 0 saturated carbocycles. The predicted octanol–water partition coefficient (Wildman–Crippen LogP) is 3.28. The fourth-order valence-electron chi connectivity index (χ4n) is 2.04. The maximum atomic E-state index is 3.55. The van der Waals surface area contributed by atoms with Crippen molar-refractivity contribution in [3.8, 4) is 0 Å². The lowest BCUT2D eigenvalue weighted by Crippen LogP contribution is -2.34. The van der Waals surface area contributed by atoms with Crippen molar-refractivity contribution in [3.63, 3.8) is 0 Å². The van der Waals surface area contributed by atoms with E-state index in [4.69, 9.17) is 0 Å². The molecule has 0 saturated heterocycles. The largest absolute Gasteiger partial charge is 0.314 e. The molecule has 0 fully saturated rings. The Morgan fingerprint density at radius 2 is 1.81 bits per heavy atom. The molecule has 0 aromatic carbocycles. The number of hydrogen-bond acceptors (Lipinski definition) is 2. The Hall–Kier alpha value is -0.0800. The summed E-state index contributed by atoms with van der Waals surface area (Å²) >= 11 is 0. The van der Waals surface area contributed by atoms with Crippen LogP contribution >= 0.6 is 0 Å². The molecule has 16 heavy (non-hydrogen) atoms. The van der Waals surface area contributed by atoms with E-state index in [0.29, 0.717) is 6.04 Å². The molecule has 98 valence electrons. The molecule has 0 aliphatic carbocycles. The number of rotatable bonds is 10. The molecule has 0 aliphatic rings. The smallest absolute Gasteiger partial charge is 0.00641 e. The van der Waals surface area contributed by atoms with Gasteiger partial charge in [-0.15, -0.1) is 0 Å². The van der Waals surface area contributed by atoms with Gasteiger partial charge >= 0.3 is 0 Å². The second-order valence-electron chi connectivity index (χ2n) is 4.88. The molecule has 0 rings (SSSR count). The van der Waals surface area contributed by atoms with Crippen LogP contribution in [0, 0.1) is 0 Å². The number of nitrogens with one attached hydrogen (secondary N) is 1. The Balaban J connectivity index is 3.61. The molecule has 0 spiro atoms. The summed E-state index contributed by atoms with van der Waals surface area (Å²) in [7, 11) is 0. The lowest BCUT2D eigenvalue weighted by Gasteiger charge is -2.27. The predicted molar refractivity (Wildman–Crippen MR) is 74.0 cm³/mol. The molecule has 0 aromatic rings. The van der Waals surface area contributed by atoms with Crippen LogP contribution in [0.1, 0.15) is 60.3 Å². The number of hydrogen-bond donors (Lipinski definition) is 1. The zero-order valence-electron chi connectivity index (χ0n) is 12.1. The zero-order chi connectivity index (χ0) is 12.4. The van der Waals surface area contributed by atoms with E-state index >= 15 is 0 Å². The van der Waals surface area contributed by atoms with Crippen LogP contribution in [0.3, 0.4) is 0 Å². The van der Waals surface area contributed by atoms with Crippen LogP contribution in [0.2, 0.25) is 0 Å². The summed E-state index contributed by atoms with van der Waals surface area (Å²) in [5.74, 6) is 0. The van der Waals surface area contributed by atoms with E-state index in [0.717, 1.165) is 12.6 Å². The highest BCUT2D eigenvalue weighted by Crippen LogP contribution is 2.06. The van der Waals surface area contributed by atoms with Crippen molar-refractivity contribution in [2.24, 2.45) is 0 Å². The Morgan fingerprint density at radius 3 is 2.31 bits per heavy atom. The third-order valence-corrected chi connectivity index (χ3v) is 3.45. The maximum Gasteiger partial charge on any atom is 0.00641 e. The van der Waals surface area contributed by atoms with Crippen LogP contribution in [0.4, 0.5) is 0 Å². The maximum absolute atomic E-state index is 3.55. The van der Waals surface area contributed by atoms with Gasteiger partial charge in [-0.1, -0.05) is 20.8 Å². The molecular formula is C14H32N2. The molecule has 0 bridgehead atoms. The van der Waals surface area contributed by atoms with Crippen molar-refractivity contribution in [2.45, 2.75) is 72.4 Å². The molecule has 0 aliphatic heterocycles. The first kappa shape index (κ1) is 15.9. The minimum Gasteiger partial charge on any atom is -0.314 e. The van der Waals surface area contributed by atoms with Gasteiger partial charge in [0.05, 0.1) is 0 Å². The van der Waals surface area contributed by atoms with Crippen molar-refractivity contribution in [1.82, 2.24) is 10.2 Å². The Kier molecular flexibility index (Phi) is 10.0. The standard InChI is InChI=1S/C14H32N2/c1-6-11-15-13(4)10-9-12-16(8-3)14(5)7-2/h13-15H,6-12H2,1-5H3. The zero-order valence-corrected chi connectivity index (χ0v) is 12.1. The first-order chi connectivity index (χ1) is 7.65. The average Bonchev–Trinajstić information content (AvgIpc) is 2.31. The van der Waals surface area contributed by atoms with Crippen LogP contribution in [-0.2, 0) is 0 Å². The molecular weight excluding hydrogens is 196 g/mol. The Bertz CT molecular complexity index is 148. The fourth-order valence-corrected chi connectivity index (χ4v) is 2.04. The molecule has 0 aromatic heterocycles. The van der Waals surface area contributed by atoms with Crippen molar-refractivity contribution in [1.29, 1.82) is 0 Å². The van der Waals surface area contributed by atoms with Gasteiger partial charge in [0.15, 0.2) is 0 Å². The highest BCUT2D eigenvalue weighted by Gasteiger charge is 2.09. The Morgan fingerprint density at radius 1 is 1.12 bits per heavy atom. The minimum atomic E-state index is 0.676. The second kappa shape index (κ2) is 10.1. The van der Waals surface area contributed by atoms with E-state index in [1.807, 2.05) is 0 Å². The van der Waals surface area contributed by atoms with E-state index in [9.17, 15) is 0 Å². The van der Waals surface area contributed by atoms with E-state index in [1.165, 1.54) is 38.8 Å². The van der Waals surface area contributed by atoms with Gasteiger partial charge in [0, 0.05) is 12.1 Å². The monoisotopic (exact) mass is 228 g/mol. The van der Waals surface area contributed by atoms with E-state index in [1.54, 1.807) is 0 Å². The summed E-state index contributed by atoms with van der Waals surface area (Å²) in [5, 5.41) is 3.55. The molecule has 2 heteroatoms. The summed E-state index contributed by atoms with van der Waals surface area (Å²) < 4.78 is 0. The van der Waals surface area contributed by atoms with E-state index in [-0.39, 0.29) is 0 Å². The summed E-state index contributed by atoms with van der Waals surface area (Å²) in [5.41, 5.74) is 0. The molecule has 0 amide bonds. The highest BCUT2D eigenvalue weighted by molar-refractivity contribution is 4.66. The van der Waals surface area contributed by atoms with Gasteiger partial charge in [-0.25, -0.2) is 0 Å². The van der Waals surface area contributed by atoms with Crippen molar-refractivity contribution < 1.29 is 0 Å². The highest BCUT2D eigenvalue weighted by atomic mass is 15.1. The van der Waals surface area contributed by atoms with Crippen molar-refractivity contribution in [3.05, 3.63) is 0 Å². The molecule has 2 nitrogen and oxygen atoms in total. The first-order valence-corrected chi connectivity index (χ1v) is 7.13. The van der Waals surface area contributed by atoms with Gasteiger partial charge < -0.3 is 10.2 Å². The normalized spacial score (nSPS) is 15.4. The van der Waals surface area contributed by atoms with Crippen molar-refractivity contribution in [2.75, 3.05) is 19.6 Å². The minimum absolute atomic E-state index is 0.676. The van der Waals surface area contributed by atoms with Crippen LogP contribution in [-0.4, -0.2) is 36.6 Å². The molecule has 0 radical (unpaired) electrons. The SMILES string of the molecule is CCCNC(C)CCCN(CC)C(C)CC. The van der Waals surface area contributed by atoms with Crippen molar-refractivity contribution >= 4 is 0 Å². The van der Waals surface area contributed by atoms with E-state index in [2.05, 4.69) is 44.8 Å². The summed E-state index contributed by atoms with van der Waals surface area (Å²) in [6.07, 6.45) is 5.11. The molecule has 2 unspecified atom stereocenters. The van der Waals surface area contributed by atoms with Crippen LogP contribution in [0.15, 0.2) is 0 Å². The van der Waals surface area contributed by atoms with Crippen LogP contribution < -0.4 is 5.32 Å².